The second kappa shape index (κ2) is 7.11. The van der Waals surface area contributed by atoms with E-state index < -0.39 is 29.5 Å². The number of methoxy groups -OCH3 is 1. The van der Waals surface area contributed by atoms with Crippen LogP contribution in [0.1, 0.15) is 26.3 Å². The zero-order valence-electron chi connectivity index (χ0n) is 13.0. The van der Waals surface area contributed by atoms with Crippen molar-refractivity contribution < 1.29 is 28.6 Å². The standard InChI is InChI=1S/C15H20FNO5/c1-15(2,3)22-14(20)17-12(13(19)21-4)7-9-5-6-10(18)8-11(9)16/h5-6,8,12,18H,7H2,1-4H3,(H,17,20). The molecule has 1 rings (SSSR count). The molecule has 7 heteroatoms. The summed E-state index contributed by atoms with van der Waals surface area (Å²) >= 11 is 0. The molecular formula is C15H20FNO5. The Balaban J connectivity index is 2.85. The minimum Gasteiger partial charge on any atom is -0.508 e. The van der Waals surface area contributed by atoms with Gasteiger partial charge >= 0.3 is 12.1 Å². The van der Waals surface area contributed by atoms with Crippen LogP contribution in [0.3, 0.4) is 0 Å². The zero-order valence-corrected chi connectivity index (χ0v) is 13.0. The Labute approximate surface area is 128 Å². The first kappa shape index (κ1) is 17.7. The highest BCUT2D eigenvalue weighted by Crippen LogP contribution is 2.17. The molecule has 0 heterocycles. The van der Waals surface area contributed by atoms with Crippen molar-refractivity contribution in [2.45, 2.75) is 38.8 Å². The third-order valence-corrected chi connectivity index (χ3v) is 2.64. The van der Waals surface area contributed by atoms with E-state index in [1.54, 1.807) is 20.8 Å². The van der Waals surface area contributed by atoms with Crippen molar-refractivity contribution in [1.82, 2.24) is 5.32 Å². The number of esters is 1. The van der Waals surface area contributed by atoms with Gasteiger partial charge in [-0.3, -0.25) is 0 Å². The number of amides is 1. The van der Waals surface area contributed by atoms with Gasteiger partial charge in [-0.2, -0.15) is 0 Å². The number of ether oxygens (including phenoxy) is 2. The molecule has 0 aliphatic rings. The number of phenols is 1. The average Bonchev–Trinajstić information content (AvgIpc) is 2.37. The maximum absolute atomic E-state index is 13.7. The van der Waals surface area contributed by atoms with E-state index in [1.807, 2.05) is 0 Å². The van der Waals surface area contributed by atoms with Gasteiger partial charge in [0.15, 0.2) is 0 Å². The van der Waals surface area contributed by atoms with Crippen LogP contribution < -0.4 is 5.32 Å². The van der Waals surface area contributed by atoms with E-state index in [-0.39, 0.29) is 17.7 Å². The van der Waals surface area contributed by atoms with Gasteiger partial charge in [-0.25, -0.2) is 14.0 Å². The van der Waals surface area contributed by atoms with Gasteiger partial charge in [0.1, 0.15) is 23.2 Å². The molecule has 6 nitrogen and oxygen atoms in total. The fraction of sp³-hybridized carbons (Fsp3) is 0.467. The van der Waals surface area contributed by atoms with E-state index in [0.717, 1.165) is 6.07 Å². The second-order valence-corrected chi connectivity index (χ2v) is 5.70. The van der Waals surface area contributed by atoms with Crippen LogP contribution in [0.25, 0.3) is 0 Å². The third kappa shape index (κ3) is 5.59. The number of phenolic OH excluding ortho intramolecular Hbond substituents is 1. The summed E-state index contributed by atoms with van der Waals surface area (Å²) in [6, 6.07) is 2.45. The summed E-state index contributed by atoms with van der Waals surface area (Å²) in [6.45, 7) is 5.04. The van der Waals surface area contributed by atoms with E-state index >= 15 is 0 Å². The Hall–Kier alpha value is -2.31. The molecular weight excluding hydrogens is 293 g/mol. The molecule has 0 bridgehead atoms. The first-order valence-corrected chi connectivity index (χ1v) is 6.67. The highest BCUT2D eigenvalue weighted by atomic mass is 19.1. The molecule has 22 heavy (non-hydrogen) atoms. The molecule has 0 radical (unpaired) electrons. The fourth-order valence-corrected chi connectivity index (χ4v) is 1.71. The van der Waals surface area contributed by atoms with Gasteiger partial charge in [-0.15, -0.1) is 0 Å². The van der Waals surface area contributed by atoms with Gasteiger partial charge in [-0.1, -0.05) is 6.07 Å². The highest BCUT2D eigenvalue weighted by molar-refractivity contribution is 5.81. The van der Waals surface area contributed by atoms with Crippen molar-refractivity contribution in [3.8, 4) is 5.75 Å². The van der Waals surface area contributed by atoms with Gasteiger partial charge in [0.2, 0.25) is 0 Å². The number of alkyl carbamates (subject to hydrolysis) is 1. The Bertz CT molecular complexity index is 553. The Kier molecular flexibility index (Phi) is 5.73. The molecule has 0 aliphatic carbocycles. The maximum atomic E-state index is 13.7. The molecule has 1 amide bonds. The first-order chi connectivity index (χ1) is 10.1. The molecule has 122 valence electrons. The molecule has 0 aliphatic heterocycles. The fourth-order valence-electron chi connectivity index (χ4n) is 1.71. The molecule has 1 unspecified atom stereocenters. The molecule has 1 aromatic carbocycles. The Morgan fingerprint density at radius 2 is 2.00 bits per heavy atom. The summed E-state index contributed by atoms with van der Waals surface area (Å²) in [6.07, 6.45) is -0.931. The Morgan fingerprint density at radius 1 is 1.36 bits per heavy atom. The van der Waals surface area contributed by atoms with E-state index in [2.05, 4.69) is 10.1 Å². The number of hydrogen-bond acceptors (Lipinski definition) is 5. The average molecular weight is 313 g/mol. The van der Waals surface area contributed by atoms with Crippen LogP contribution in [0.5, 0.6) is 5.75 Å². The maximum Gasteiger partial charge on any atom is 0.408 e. The van der Waals surface area contributed by atoms with Gasteiger partial charge < -0.3 is 19.9 Å². The minimum absolute atomic E-state index is 0.127. The minimum atomic E-state index is -1.10. The largest absolute Gasteiger partial charge is 0.508 e. The molecule has 0 saturated heterocycles. The van der Waals surface area contributed by atoms with Gasteiger partial charge in [0.05, 0.1) is 7.11 Å². The predicted molar refractivity (Wildman–Crippen MR) is 76.9 cm³/mol. The molecule has 0 spiro atoms. The second-order valence-electron chi connectivity index (χ2n) is 5.70. The normalized spacial score (nSPS) is 12.4. The summed E-state index contributed by atoms with van der Waals surface area (Å²) in [4.78, 5) is 23.5. The SMILES string of the molecule is COC(=O)C(Cc1ccc(O)cc1F)NC(=O)OC(C)(C)C. The number of carbonyl (C=O) groups is 2. The number of aromatic hydroxyl groups is 1. The van der Waals surface area contributed by atoms with Gasteiger partial charge in [-0.05, 0) is 32.4 Å². The van der Waals surface area contributed by atoms with Gasteiger partial charge in [0.25, 0.3) is 0 Å². The van der Waals surface area contributed by atoms with E-state index in [4.69, 9.17) is 4.74 Å². The van der Waals surface area contributed by atoms with Crippen molar-refractivity contribution in [2.75, 3.05) is 7.11 Å². The summed E-state index contributed by atoms with van der Waals surface area (Å²) in [5.41, 5.74) is -0.571. The highest BCUT2D eigenvalue weighted by Gasteiger charge is 2.26. The number of halogens is 1. The van der Waals surface area contributed by atoms with Crippen LogP contribution in [-0.4, -0.2) is 35.9 Å². The summed E-state index contributed by atoms with van der Waals surface area (Å²) in [7, 11) is 1.17. The van der Waals surface area contributed by atoms with Crippen molar-refractivity contribution in [3.63, 3.8) is 0 Å². The van der Waals surface area contributed by atoms with Crippen LogP contribution in [0, 0.1) is 5.82 Å². The zero-order chi connectivity index (χ0) is 16.9. The Morgan fingerprint density at radius 3 is 2.50 bits per heavy atom. The lowest BCUT2D eigenvalue weighted by Gasteiger charge is -2.22. The van der Waals surface area contributed by atoms with Crippen LogP contribution in [0.4, 0.5) is 9.18 Å². The quantitative estimate of drug-likeness (QED) is 0.832. The third-order valence-electron chi connectivity index (χ3n) is 2.64. The number of nitrogens with one attached hydrogen (secondary N) is 1. The molecule has 0 fully saturated rings. The van der Waals surface area contributed by atoms with E-state index in [0.29, 0.717) is 0 Å². The number of rotatable bonds is 4. The van der Waals surface area contributed by atoms with Crippen molar-refractivity contribution in [1.29, 1.82) is 0 Å². The summed E-state index contributed by atoms with van der Waals surface area (Å²) < 4.78 is 23.4. The number of carbonyl (C=O) groups excluding carboxylic acids is 2. The molecule has 2 N–H and O–H groups in total. The molecule has 0 saturated carbocycles. The van der Waals surface area contributed by atoms with Crippen molar-refractivity contribution >= 4 is 12.1 Å². The van der Waals surface area contributed by atoms with Crippen LogP contribution in [0.15, 0.2) is 18.2 Å². The van der Waals surface area contributed by atoms with E-state index in [9.17, 15) is 19.1 Å². The van der Waals surface area contributed by atoms with Crippen molar-refractivity contribution in [2.24, 2.45) is 0 Å². The molecule has 0 aromatic heterocycles. The van der Waals surface area contributed by atoms with Crippen LogP contribution in [0.2, 0.25) is 0 Å². The van der Waals surface area contributed by atoms with Gasteiger partial charge in [0, 0.05) is 12.5 Å². The van der Waals surface area contributed by atoms with E-state index in [1.165, 1.54) is 19.2 Å². The topological polar surface area (TPSA) is 84.9 Å². The smallest absolute Gasteiger partial charge is 0.408 e. The first-order valence-electron chi connectivity index (χ1n) is 6.67. The number of hydrogen-bond donors (Lipinski definition) is 2. The van der Waals surface area contributed by atoms with Crippen LogP contribution >= 0.6 is 0 Å². The molecule has 1 aromatic rings. The lowest BCUT2D eigenvalue weighted by molar-refractivity contribution is -0.143. The number of benzene rings is 1. The monoisotopic (exact) mass is 313 g/mol. The lowest BCUT2D eigenvalue weighted by atomic mass is 10.1. The van der Waals surface area contributed by atoms with Crippen LogP contribution in [-0.2, 0) is 20.7 Å². The molecule has 1 atom stereocenters. The summed E-state index contributed by atoms with van der Waals surface area (Å²) in [5.74, 6) is -1.63. The van der Waals surface area contributed by atoms with Crippen molar-refractivity contribution in [3.05, 3.63) is 29.6 Å². The lowest BCUT2D eigenvalue weighted by Crippen LogP contribution is -2.45. The predicted octanol–water partition coefficient (Wildman–Crippen LogP) is 2.14. The summed E-state index contributed by atoms with van der Waals surface area (Å²) in [5, 5.41) is 11.5.